The van der Waals surface area contributed by atoms with E-state index in [0.717, 1.165) is 60.0 Å². The van der Waals surface area contributed by atoms with Crippen molar-refractivity contribution >= 4 is 11.2 Å². The molecule has 0 atom stereocenters. The largest absolute Gasteiger partial charge is 0.399 e. The zero-order valence-electron chi connectivity index (χ0n) is 14.9. The Morgan fingerprint density at radius 3 is 2.81 bits per heavy atom. The molecule has 4 aromatic rings. The number of pyridine rings is 1. The number of aromatic nitrogens is 4. The second kappa shape index (κ2) is 6.48. The third kappa shape index (κ3) is 3.15. The van der Waals surface area contributed by atoms with E-state index in [2.05, 4.69) is 27.1 Å². The Morgan fingerprint density at radius 1 is 1.07 bits per heavy atom. The van der Waals surface area contributed by atoms with Crippen LogP contribution in [0.1, 0.15) is 17.0 Å². The molecule has 2 N–H and O–H groups in total. The molecule has 0 radical (unpaired) electrons. The van der Waals surface area contributed by atoms with Crippen molar-refractivity contribution in [3.63, 3.8) is 0 Å². The highest BCUT2D eigenvalue weighted by molar-refractivity contribution is 5.58. The van der Waals surface area contributed by atoms with E-state index in [-0.39, 0.29) is 0 Å². The first-order valence-electron chi connectivity index (χ1n) is 9.11. The lowest BCUT2D eigenvalue weighted by Gasteiger charge is -2.27. The van der Waals surface area contributed by atoms with Crippen LogP contribution >= 0.6 is 0 Å². The van der Waals surface area contributed by atoms with Crippen LogP contribution in [0.3, 0.4) is 0 Å². The van der Waals surface area contributed by atoms with Crippen LogP contribution in [0.5, 0.6) is 0 Å². The van der Waals surface area contributed by atoms with E-state index in [9.17, 15) is 0 Å². The minimum atomic E-state index is 0.749. The lowest BCUT2D eigenvalue weighted by molar-refractivity contribution is 0.240. The predicted octanol–water partition coefficient (Wildman–Crippen LogP) is 2.93. The van der Waals surface area contributed by atoms with Gasteiger partial charge in [0.1, 0.15) is 0 Å². The molecule has 134 valence electrons. The fourth-order valence-corrected chi connectivity index (χ4v) is 3.58. The van der Waals surface area contributed by atoms with Crippen LogP contribution in [0, 0.1) is 0 Å². The van der Waals surface area contributed by atoms with Gasteiger partial charge in [0.15, 0.2) is 5.82 Å². The number of hydrogen-bond acceptors (Lipinski definition) is 5. The Labute approximate surface area is 157 Å². The maximum atomic E-state index is 5.77. The first-order chi connectivity index (χ1) is 13.2. The standard InChI is InChI=1S/C21H20N6/c22-17-6-4-15(5-7-17)21-23-12-16-13-26(10-8-20(16)24-21)14-18-11-19-3-1-2-9-27(19)25-18/h1-7,9,11-12H,8,10,13-14,22H2. The maximum absolute atomic E-state index is 5.77. The summed E-state index contributed by atoms with van der Waals surface area (Å²) in [7, 11) is 0. The van der Waals surface area contributed by atoms with E-state index in [1.165, 1.54) is 5.56 Å². The third-order valence-electron chi connectivity index (χ3n) is 4.99. The second-order valence-corrected chi connectivity index (χ2v) is 6.95. The normalized spacial score (nSPS) is 14.4. The molecule has 1 aliphatic heterocycles. The van der Waals surface area contributed by atoms with E-state index in [0.29, 0.717) is 0 Å². The molecule has 1 aromatic carbocycles. The summed E-state index contributed by atoms with van der Waals surface area (Å²) >= 11 is 0. The van der Waals surface area contributed by atoms with Gasteiger partial charge in [-0.05, 0) is 42.5 Å². The highest BCUT2D eigenvalue weighted by atomic mass is 15.2. The minimum Gasteiger partial charge on any atom is -0.399 e. The summed E-state index contributed by atoms with van der Waals surface area (Å²) in [6.07, 6.45) is 4.87. The van der Waals surface area contributed by atoms with Crippen LogP contribution in [-0.4, -0.2) is 31.0 Å². The number of nitrogens with two attached hydrogens (primary N) is 1. The van der Waals surface area contributed by atoms with Crippen molar-refractivity contribution in [1.82, 2.24) is 24.5 Å². The summed E-state index contributed by atoms with van der Waals surface area (Å²) < 4.78 is 1.93. The van der Waals surface area contributed by atoms with E-state index >= 15 is 0 Å². The highest BCUT2D eigenvalue weighted by Crippen LogP contribution is 2.22. The van der Waals surface area contributed by atoms with Gasteiger partial charge in [0.05, 0.1) is 16.9 Å². The van der Waals surface area contributed by atoms with Crippen molar-refractivity contribution in [2.45, 2.75) is 19.5 Å². The minimum absolute atomic E-state index is 0.749. The summed E-state index contributed by atoms with van der Waals surface area (Å²) in [4.78, 5) is 11.8. The fourth-order valence-electron chi connectivity index (χ4n) is 3.58. The smallest absolute Gasteiger partial charge is 0.159 e. The highest BCUT2D eigenvalue weighted by Gasteiger charge is 2.19. The molecule has 4 heterocycles. The molecule has 0 amide bonds. The number of anilines is 1. The Balaban J connectivity index is 1.34. The molecule has 0 saturated heterocycles. The molecule has 3 aromatic heterocycles. The van der Waals surface area contributed by atoms with Gasteiger partial charge in [0, 0.05) is 55.3 Å². The van der Waals surface area contributed by atoms with Crippen LogP contribution < -0.4 is 5.73 Å². The average Bonchev–Trinajstić information content (AvgIpc) is 3.10. The van der Waals surface area contributed by atoms with Crippen LogP contribution in [0.2, 0.25) is 0 Å². The van der Waals surface area contributed by atoms with Gasteiger partial charge >= 0.3 is 0 Å². The first kappa shape index (κ1) is 16.0. The first-order valence-corrected chi connectivity index (χ1v) is 9.11. The zero-order chi connectivity index (χ0) is 18.2. The van der Waals surface area contributed by atoms with E-state index in [1.54, 1.807) is 0 Å². The van der Waals surface area contributed by atoms with Gasteiger partial charge in [-0.25, -0.2) is 14.5 Å². The van der Waals surface area contributed by atoms with Crippen molar-refractivity contribution in [3.05, 3.63) is 77.9 Å². The summed E-state index contributed by atoms with van der Waals surface area (Å²) in [5.41, 5.74) is 12.1. The number of rotatable bonds is 3. The molecular weight excluding hydrogens is 336 g/mol. The number of fused-ring (bicyclic) bond motifs is 2. The summed E-state index contributed by atoms with van der Waals surface area (Å²) in [5.74, 6) is 0.766. The van der Waals surface area contributed by atoms with Crippen LogP contribution in [-0.2, 0) is 19.5 Å². The summed E-state index contributed by atoms with van der Waals surface area (Å²) in [6.45, 7) is 2.66. The molecule has 0 aliphatic carbocycles. The van der Waals surface area contributed by atoms with Gasteiger partial charge in [-0.1, -0.05) is 6.07 Å². The second-order valence-electron chi connectivity index (χ2n) is 6.95. The molecule has 0 saturated carbocycles. The molecule has 0 bridgehead atoms. The Kier molecular flexibility index (Phi) is 3.83. The number of benzene rings is 1. The summed E-state index contributed by atoms with van der Waals surface area (Å²) in [5, 5.41) is 4.66. The van der Waals surface area contributed by atoms with Crippen molar-refractivity contribution in [3.8, 4) is 11.4 Å². The monoisotopic (exact) mass is 356 g/mol. The lowest BCUT2D eigenvalue weighted by Crippen LogP contribution is -2.31. The van der Waals surface area contributed by atoms with Crippen molar-refractivity contribution < 1.29 is 0 Å². The third-order valence-corrected chi connectivity index (χ3v) is 4.99. The molecule has 0 fully saturated rings. The van der Waals surface area contributed by atoms with Crippen molar-refractivity contribution in [1.29, 1.82) is 0 Å². The maximum Gasteiger partial charge on any atom is 0.159 e. The average molecular weight is 356 g/mol. The lowest BCUT2D eigenvalue weighted by atomic mass is 10.1. The molecule has 5 rings (SSSR count). The Hall–Kier alpha value is -3.25. The molecule has 0 spiro atoms. The quantitative estimate of drug-likeness (QED) is 0.572. The van der Waals surface area contributed by atoms with E-state index in [4.69, 9.17) is 10.7 Å². The van der Waals surface area contributed by atoms with E-state index in [1.807, 2.05) is 53.3 Å². The number of nitrogen functional groups attached to an aromatic ring is 1. The Morgan fingerprint density at radius 2 is 1.96 bits per heavy atom. The van der Waals surface area contributed by atoms with Crippen LogP contribution in [0.4, 0.5) is 5.69 Å². The van der Waals surface area contributed by atoms with Gasteiger partial charge < -0.3 is 5.73 Å². The molecule has 0 unspecified atom stereocenters. The Bertz CT molecular complexity index is 1070. The molecular formula is C21H20N6. The van der Waals surface area contributed by atoms with E-state index < -0.39 is 0 Å². The summed E-state index contributed by atoms with van der Waals surface area (Å²) in [6, 6.07) is 16.0. The van der Waals surface area contributed by atoms with Gasteiger partial charge in [-0.2, -0.15) is 5.10 Å². The molecule has 1 aliphatic rings. The zero-order valence-corrected chi connectivity index (χ0v) is 14.9. The molecule has 6 nitrogen and oxygen atoms in total. The number of hydrogen-bond donors (Lipinski definition) is 1. The molecule has 27 heavy (non-hydrogen) atoms. The van der Waals surface area contributed by atoms with Gasteiger partial charge in [-0.3, -0.25) is 4.90 Å². The molecule has 6 heteroatoms. The van der Waals surface area contributed by atoms with Crippen molar-refractivity contribution in [2.75, 3.05) is 12.3 Å². The SMILES string of the molecule is Nc1ccc(-c2ncc3c(n2)CCN(Cc2cc4ccccn4n2)C3)cc1. The number of nitrogens with zero attached hydrogens (tertiary/aromatic N) is 5. The predicted molar refractivity (Wildman–Crippen MR) is 105 cm³/mol. The van der Waals surface area contributed by atoms with Gasteiger partial charge in [-0.15, -0.1) is 0 Å². The van der Waals surface area contributed by atoms with Crippen molar-refractivity contribution in [2.24, 2.45) is 0 Å². The van der Waals surface area contributed by atoms with Gasteiger partial charge in [0.25, 0.3) is 0 Å². The topological polar surface area (TPSA) is 72.3 Å². The van der Waals surface area contributed by atoms with Gasteiger partial charge in [0.2, 0.25) is 0 Å². The fraction of sp³-hybridized carbons (Fsp3) is 0.190. The van der Waals surface area contributed by atoms with Crippen LogP contribution in [0.25, 0.3) is 16.9 Å². The van der Waals surface area contributed by atoms with Crippen LogP contribution in [0.15, 0.2) is 60.9 Å².